The summed E-state index contributed by atoms with van der Waals surface area (Å²) in [6, 6.07) is 15.2. The van der Waals surface area contributed by atoms with Gasteiger partial charge in [0.05, 0.1) is 38.5 Å². The van der Waals surface area contributed by atoms with Crippen LogP contribution in [0.25, 0.3) is 11.3 Å². The summed E-state index contributed by atoms with van der Waals surface area (Å²) in [6.07, 6.45) is 0. The fourth-order valence-electron chi connectivity index (χ4n) is 3.67. The Morgan fingerprint density at radius 3 is 2.47 bits per heavy atom. The van der Waals surface area contributed by atoms with E-state index in [1.807, 2.05) is 36.4 Å². The number of H-pyrrole nitrogens is 1. The van der Waals surface area contributed by atoms with Crippen molar-refractivity contribution in [3.05, 3.63) is 65.0 Å². The number of aromatic amines is 1. The number of methoxy groups -OCH3 is 3. The smallest absolute Gasteiger partial charge is 0.244 e. The zero-order valence-electron chi connectivity index (χ0n) is 16.7. The number of allylic oxidation sites excluding steroid dienone is 1. The average molecular weight is 404 g/mol. The van der Waals surface area contributed by atoms with E-state index in [4.69, 9.17) is 24.7 Å². The lowest BCUT2D eigenvalue weighted by Gasteiger charge is -2.26. The summed E-state index contributed by atoms with van der Waals surface area (Å²) >= 11 is 0. The number of aromatic nitrogens is 2. The van der Waals surface area contributed by atoms with Crippen molar-refractivity contribution in [3.63, 3.8) is 0 Å². The fourth-order valence-corrected chi connectivity index (χ4v) is 3.67. The standard InChI is InChI=1S/C22H20N4O4/c1-27-13-9-7-12(8-10-13)19-18-17(14-5-4-6-16(28-2)20(14)29-3)15(11-23)21(24)30-22(18)26-25-19/h4-10,17H,24H2,1-3H3,(H,25,26)/t17-/m0/s1. The van der Waals surface area contributed by atoms with Crippen molar-refractivity contribution in [1.82, 2.24) is 10.2 Å². The minimum atomic E-state index is -0.556. The molecule has 0 unspecified atom stereocenters. The van der Waals surface area contributed by atoms with Crippen molar-refractivity contribution < 1.29 is 18.9 Å². The molecule has 0 spiro atoms. The maximum atomic E-state index is 9.89. The van der Waals surface area contributed by atoms with Crippen molar-refractivity contribution >= 4 is 0 Å². The third-order valence-corrected chi connectivity index (χ3v) is 5.06. The van der Waals surface area contributed by atoms with Gasteiger partial charge in [0.15, 0.2) is 11.5 Å². The lowest BCUT2D eigenvalue weighted by molar-refractivity contribution is 0.348. The molecule has 30 heavy (non-hydrogen) atoms. The number of nitriles is 1. The van der Waals surface area contributed by atoms with E-state index in [-0.39, 0.29) is 11.5 Å². The van der Waals surface area contributed by atoms with Crippen molar-refractivity contribution in [2.45, 2.75) is 5.92 Å². The number of fused-ring (bicyclic) bond motifs is 1. The number of benzene rings is 2. The second-order valence-electron chi connectivity index (χ2n) is 6.55. The van der Waals surface area contributed by atoms with Crippen LogP contribution in [0.2, 0.25) is 0 Å². The van der Waals surface area contributed by atoms with E-state index in [1.165, 1.54) is 0 Å². The van der Waals surface area contributed by atoms with Gasteiger partial charge in [0.25, 0.3) is 0 Å². The molecule has 4 rings (SSSR count). The minimum Gasteiger partial charge on any atom is -0.497 e. The molecule has 0 amide bonds. The molecule has 0 bridgehead atoms. The molecule has 0 aliphatic carbocycles. The molecule has 0 saturated carbocycles. The number of nitrogens with one attached hydrogen (secondary N) is 1. The lowest BCUT2D eigenvalue weighted by atomic mass is 9.82. The number of nitrogens with zero attached hydrogens (tertiary/aromatic N) is 2. The summed E-state index contributed by atoms with van der Waals surface area (Å²) in [5.41, 5.74) is 9.32. The first-order valence-electron chi connectivity index (χ1n) is 9.14. The molecule has 0 saturated heterocycles. The van der Waals surface area contributed by atoms with E-state index < -0.39 is 5.92 Å². The molecule has 1 aliphatic heterocycles. The van der Waals surface area contributed by atoms with Crippen LogP contribution in [-0.2, 0) is 0 Å². The van der Waals surface area contributed by atoms with Crippen molar-refractivity contribution in [2.24, 2.45) is 5.73 Å². The molecule has 0 fully saturated rings. The molecular weight excluding hydrogens is 384 g/mol. The molecule has 2 aromatic carbocycles. The van der Waals surface area contributed by atoms with Crippen LogP contribution < -0.4 is 24.7 Å². The Hall–Kier alpha value is -4.12. The topological polar surface area (TPSA) is 115 Å². The number of hydrogen-bond donors (Lipinski definition) is 2. The predicted octanol–water partition coefficient (Wildman–Crippen LogP) is 3.32. The second kappa shape index (κ2) is 7.72. The molecule has 0 radical (unpaired) electrons. The van der Waals surface area contributed by atoms with Gasteiger partial charge >= 0.3 is 0 Å². The highest BCUT2D eigenvalue weighted by molar-refractivity contribution is 5.72. The molecule has 1 atom stereocenters. The maximum absolute atomic E-state index is 9.89. The molecule has 152 valence electrons. The Morgan fingerprint density at radius 1 is 1.07 bits per heavy atom. The van der Waals surface area contributed by atoms with Crippen molar-refractivity contribution in [1.29, 1.82) is 5.26 Å². The molecule has 2 heterocycles. The highest BCUT2D eigenvalue weighted by atomic mass is 16.5. The monoisotopic (exact) mass is 404 g/mol. The largest absolute Gasteiger partial charge is 0.497 e. The SMILES string of the molecule is COc1ccc(-c2[nH]nc3c2[C@@H](c2cccc(OC)c2OC)C(C#N)=C(N)O3)cc1. The van der Waals surface area contributed by atoms with Crippen LogP contribution in [0.1, 0.15) is 17.0 Å². The third-order valence-electron chi connectivity index (χ3n) is 5.06. The van der Waals surface area contributed by atoms with Crippen LogP contribution >= 0.6 is 0 Å². The van der Waals surface area contributed by atoms with Gasteiger partial charge in [-0.1, -0.05) is 12.1 Å². The van der Waals surface area contributed by atoms with Gasteiger partial charge in [-0.3, -0.25) is 5.10 Å². The van der Waals surface area contributed by atoms with Crippen molar-refractivity contribution in [2.75, 3.05) is 21.3 Å². The predicted molar refractivity (Wildman–Crippen MR) is 109 cm³/mol. The van der Waals surface area contributed by atoms with Gasteiger partial charge in [0.1, 0.15) is 17.4 Å². The number of rotatable bonds is 5. The average Bonchev–Trinajstić information content (AvgIpc) is 3.20. The van der Waals surface area contributed by atoms with Gasteiger partial charge in [-0.2, -0.15) is 5.26 Å². The Balaban J connectivity index is 1.96. The highest BCUT2D eigenvalue weighted by Gasteiger charge is 2.37. The van der Waals surface area contributed by atoms with Gasteiger partial charge in [-0.05, 0) is 30.3 Å². The van der Waals surface area contributed by atoms with Gasteiger partial charge in [-0.15, -0.1) is 5.10 Å². The van der Waals surface area contributed by atoms with Crippen LogP contribution in [0.5, 0.6) is 23.1 Å². The van der Waals surface area contributed by atoms with E-state index >= 15 is 0 Å². The molecule has 1 aliphatic rings. The van der Waals surface area contributed by atoms with Gasteiger partial charge in [0, 0.05) is 11.1 Å². The summed E-state index contributed by atoms with van der Waals surface area (Å²) in [5.74, 6) is 1.56. The van der Waals surface area contributed by atoms with E-state index in [0.29, 0.717) is 28.6 Å². The van der Waals surface area contributed by atoms with Crippen LogP contribution in [0.15, 0.2) is 53.9 Å². The molecule has 8 nitrogen and oxygen atoms in total. The third kappa shape index (κ3) is 2.97. The van der Waals surface area contributed by atoms with E-state index in [9.17, 15) is 5.26 Å². The minimum absolute atomic E-state index is 0.00709. The summed E-state index contributed by atoms with van der Waals surface area (Å²) in [5, 5.41) is 17.2. The summed E-state index contributed by atoms with van der Waals surface area (Å²) in [6.45, 7) is 0. The van der Waals surface area contributed by atoms with Crippen LogP contribution in [0, 0.1) is 11.3 Å². The number of ether oxygens (including phenoxy) is 4. The Morgan fingerprint density at radius 2 is 1.83 bits per heavy atom. The summed E-state index contributed by atoms with van der Waals surface area (Å²) in [7, 11) is 4.73. The summed E-state index contributed by atoms with van der Waals surface area (Å²) in [4.78, 5) is 0. The van der Waals surface area contributed by atoms with E-state index in [2.05, 4.69) is 16.3 Å². The lowest BCUT2D eigenvalue weighted by Crippen LogP contribution is -2.21. The van der Waals surface area contributed by atoms with Gasteiger partial charge in [0.2, 0.25) is 11.8 Å². The fraction of sp³-hybridized carbons (Fsp3) is 0.182. The van der Waals surface area contributed by atoms with Crippen LogP contribution in [0.3, 0.4) is 0 Å². The first kappa shape index (κ1) is 19.2. The maximum Gasteiger partial charge on any atom is 0.244 e. The Bertz CT molecular complexity index is 1160. The molecule has 8 heteroatoms. The van der Waals surface area contributed by atoms with Gasteiger partial charge < -0.3 is 24.7 Å². The zero-order chi connectivity index (χ0) is 21.3. The first-order chi connectivity index (χ1) is 14.6. The summed E-state index contributed by atoms with van der Waals surface area (Å²) < 4.78 is 22.0. The Kier molecular flexibility index (Phi) is 4.94. The highest BCUT2D eigenvalue weighted by Crippen LogP contribution is 2.49. The second-order valence-corrected chi connectivity index (χ2v) is 6.55. The molecule has 1 aromatic heterocycles. The normalized spacial score (nSPS) is 15.1. The number of para-hydroxylation sites is 1. The molecular formula is C22H20N4O4. The molecule has 3 N–H and O–H groups in total. The van der Waals surface area contributed by atoms with E-state index in [0.717, 1.165) is 16.9 Å². The number of nitrogens with two attached hydrogens (primary N) is 1. The Labute approximate surface area is 173 Å². The molecule has 3 aromatic rings. The van der Waals surface area contributed by atoms with Crippen LogP contribution in [-0.4, -0.2) is 31.5 Å². The quantitative estimate of drug-likeness (QED) is 0.670. The van der Waals surface area contributed by atoms with Gasteiger partial charge in [-0.25, -0.2) is 0 Å². The number of hydrogen-bond acceptors (Lipinski definition) is 7. The zero-order valence-corrected chi connectivity index (χ0v) is 16.7. The first-order valence-corrected chi connectivity index (χ1v) is 9.14. The van der Waals surface area contributed by atoms with Crippen LogP contribution in [0.4, 0.5) is 0 Å². The van der Waals surface area contributed by atoms with Crippen molar-refractivity contribution in [3.8, 4) is 40.5 Å². The van der Waals surface area contributed by atoms with E-state index in [1.54, 1.807) is 27.4 Å².